The van der Waals surface area contributed by atoms with Crippen molar-refractivity contribution in [1.82, 2.24) is 9.97 Å². The first-order valence-electron chi connectivity index (χ1n) is 7.14. The molecule has 3 aromatic rings. The molecule has 1 aromatic carbocycles. The number of carbonyl (C=O) groups is 1. The number of aromatic nitrogens is 2. The first kappa shape index (κ1) is 15.2. The van der Waals surface area contributed by atoms with Gasteiger partial charge in [0.05, 0.1) is 5.56 Å². The van der Waals surface area contributed by atoms with Crippen molar-refractivity contribution >= 4 is 23.5 Å². The van der Waals surface area contributed by atoms with E-state index in [0.29, 0.717) is 16.4 Å². The number of benzene rings is 1. The predicted octanol–water partition coefficient (Wildman–Crippen LogP) is 4.19. The smallest absolute Gasteiger partial charge is 0.259 e. The van der Waals surface area contributed by atoms with Crippen LogP contribution in [0.15, 0.2) is 76.9 Å². The second-order valence-corrected chi connectivity index (χ2v) is 6.01. The molecule has 2 aromatic heterocycles. The standard InChI is InChI=1S/C18H15N3OS/c1-13-9-11-19-16(12-13)21-17(22)15-8-5-10-20-18(15)23-14-6-3-2-4-7-14/h2-12H,1H3,(H,19,21,22). The van der Waals surface area contributed by atoms with Crippen LogP contribution in [0.1, 0.15) is 15.9 Å². The normalized spacial score (nSPS) is 10.3. The maximum Gasteiger partial charge on any atom is 0.259 e. The van der Waals surface area contributed by atoms with Gasteiger partial charge in [0.15, 0.2) is 0 Å². The van der Waals surface area contributed by atoms with Crippen molar-refractivity contribution in [2.75, 3.05) is 5.32 Å². The van der Waals surface area contributed by atoms with Crippen LogP contribution >= 0.6 is 11.8 Å². The van der Waals surface area contributed by atoms with Gasteiger partial charge in [0.25, 0.3) is 5.91 Å². The molecule has 2 heterocycles. The molecule has 0 radical (unpaired) electrons. The summed E-state index contributed by atoms with van der Waals surface area (Å²) in [4.78, 5) is 22.1. The van der Waals surface area contributed by atoms with Gasteiger partial charge in [0.1, 0.15) is 10.8 Å². The molecule has 1 N–H and O–H groups in total. The summed E-state index contributed by atoms with van der Waals surface area (Å²) < 4.78 is 0. The second-order valence-electron chi connectivity index (χ2n) is 4.94. The number of anilines is 1. The average molecular weight is 321 g/mol. The summed E-state index contributed by atoms with van der Waals surface area (Å²) >= 11 is 1.46. The summed E-state index contributed by atoms with van der Waals surface area (Å²) in [6.07, 6.45) is 3.36. The third-order valence-corrected chi connectivity index (χ3v) is 4.16. The molecule has 0 saturated heterocycles. The zero-order valence-corrected chi connectivity index (χ0v) is 13.4. The van der Waals surface area contributed by atoms with Gasteiger partial charge in [-0.3, -0.25) is 4.79 Å². The SMILES string of the molecule is Cc1ccnc(NC(=O)c2cccnc2Sc2ccccc2)c1. The largest absolute Gasteiger partial charge is 0.306 e. The van der Waals surface area contributed by atoms with Crippen LogP contribution in [-0.2, 0) is 0 Å². The Bertz CT molecular complexity index is 821. The summed E-state index contributed by atoms with van der Waals surface area (Å²) in [7, 11) is 0. The molecule has 0 unspecified atom stereocenters. The van der Waals surface area contributed by atoms with Gasteiger partial charge in [-0.25, -0.2) is 9.97 Å². The summed E-state index contributed by atoms with van der Waals surface area (Å²) in [5, 5.41) is 3.49. The van der Waals surface area contributed by atoms with Crippen molar-refractivity contribution in [1.29, 1.82) is 0 Å². The number of rotatable bonds is 4. The maximum atomic E-state index is 12.5. The fraction of sp³-hybridized carbons (Fsp3) is 0.0556. The molecule has 0 aliphatic rings. The zero-order chi connectivity index (χ0) is 16.1. The molecule has 0 fully saturated rings. The van der Waals surface area contributed by atoms with Gasteiger partial charge < -0.3 is 5.32 Å². The van der Waals surface area contributed by atoms with Crippen LogP contribution in [0.5, 0.6) is 0 Å². The Morgan fingerprint density at radius 2 is 1.83 bits per heavy atom. The van der Waals surface area contributed by atoms with Gasteiger partial charge in [-0.15, -0.1) is 0 Å². The van der Waals surface area contributed by atoms with Gasteiger partial charge in [0.2, 0.25) is 0 Å². The summed E-state index contributed by atoms with van der Waals surface area (Å²) in [6, 6.07) is 17.1. The van der Waals surface area contributed by atoms with E-state index in [1.165, 1.54) is 11.8 Å². The zero-order valence-electron chi connectivity index (χ0n) is 12.6. The molecule has 0 atom stereocenters. The van der Waals surface area contributed by atoms with Gasteiger partial charge in [-0.2, -0.15) is 0 Å². The first-order chi connectivity index (χ1) is 11.2. The van der Waals surface area contributed by atoms with Crippen molar-refractivity contribution in [3.63, 3.8) is 0 Å². The number of nitrogens with one attached hydrogen (secondary N) is 1. The number of pyridine rings is 2. The highest BCUT2D eigenvalue weighted by Gasteiger charge is 2.14. The maximum absolute atomic E-state index is 12.5. The second kappa shape index (κ2) is 7.07. The van der Waals surface area contributed by atoms with Crippen LogP contribution in [0.2, 0.25) is 0 Å². The third kappa shape index (κ3) is 3.96. The third-order valence-electron chi connectivity index (χ3n) is 3.13. The van der Waals surface area contributed by atoms with E-state index in [1.54, 1.807) is 24.5 Å². The lowest BCUT2D eigenvalue weighted by molar-refractivity contribution is 0.102. The van der Waals surface area contributed by atoms with Crippen molar-refractivity contribution in [3.8, 4) is 0 Å². The van der Waals surface area contributed by atoms with Crippen LogP contribution in [0.3, 0.4) is 0 Å². The van der Waals surface area contributed by atoms with Gasteiger partial charge in [-0.1, -0.05) is 30.0 Å². The minimum absolute atomic E-state index is 0.213. The van der Waals surface area contributed by atoms with E-state index in [4.69, 9.17) is 0 Å². The molecular formula is C18H15N3OS. The number of nitrogens with zero attached hydrogens (tertiary/aromatic N) is 2. The van der Waals surface area contributed by atoms with Crippen molar-refractivity contribution in [3.05, 3.63) is 78.1 Å². The fourth-order valence-corrected chi connectivity index (χ4v) is 2.93. The van der Waals surface area contributed by atoms with Crippen molar-refractivity contribution < 1.29 is 4.79 Å². The highest BCUT2D eigenvalue weighted by Crippen LogP contribution is 2.28. The van der Waals surface area contributed by atoms with Crippen LogP contribution in [0, 0.1) is 6.92 Å². The number of carbonyl (C=O) groups excluding carboxylic acids is 1. The van der Waals surface area contributed by atoms with Gasteiger partial charge in [-0.05, 0) is 48.9 Å². The Labute approximate surface area is 139 Å². The van der Waals surface area contributed by atoms with Crippen LogP contribution < -0.4 is 5.32 Å². The molecule has 23 heavy (non-hydrogen) atoms. The number of aryl methyl sites for hydroxylation is 1. The van der Waals surface area contributed by atoms with Crippen LogP contribution in [0.4, 0.5) is 5.82 Å². The Morgan fingerprint density at radius 1 is 1.00 bits per heavy atom. The van der Waals surface area contributed by atoms with Crippen LogP contribution in [-0.4, -0.2) is 15.9 Å². The molecule has 0 aliphatic carbocycles. The van der Waals surface area contributed by atoms with E-state index in [0.717, 1.165) is 10.5 Å². The number of hydrogen-bond donors (Lipinski definition) is 1. The molecule has 0 saturated carbocycles. The van der Waals surface area contributed by atoms with E-state index in [2.05, 4.69) is 15.3 Å². The lowest BCUT2D eigenvalue weighted by atomic mass is 10.2. The van der Waals surface area contributed by atoms with Crippen molar-refractivity contribution in [2.45, 2.75) is 16.8 Å². The summed E-state index contributed by atoms with van der Waals surface area (Å²) in [5.41, 5.74) is 1.57. The van der Waals surface area contributed by atoms with E-state index >= 15 is 0 Å². The Kier molecular flexibility index (Phi) is 4.68. The minimum atomic E-state index is -0.213. The first-order valence-corrected chi connectivity index (χ1v) is 7.96. The summed E-state index contributed by atoms with van der Waals surface area (Å²) in [6.45, 7) is 1.96. The Hall–Kier alpha value is -2.66. The summed E-state index contributed by atoms with van der Waals surface area (Å²) in [5.74, 6) is 0.323. The number of hydrogen-bond acceptors (Lipinski definition) is 4. The topological polar surface area (TPSA) is 54.9 Å². The minimum Gasteiger partial charge on any atom is -0.306 e. The highest BCUT2D eigenvalue weighted by molar-refractivity contribution is 7.99. The van der Waals surface area contributed by atoms with Crippen molar-refractivity contribution in [2.24, 2.45) is 0 Å². The lowest BCUT2D eigenvalue weighted by Gasteiger charge is -2.09. The fourth-order valence-electron chi connectivity index (χ4n) is 2.03. The Balaban J connectivity index is 1.83. The van der Waals surface area contributed by atoms with E-state index in [9.17, 15) is 4.79 Å². The Morgan fingerprint density at radius 3 is 2.61 bits per heavy atom. The monoisotopic (exact) mass is 321 g/mol. The van der Waals surface area contributed by atoms with Gasteiger partial charge >= 0.3 is 0 Å². The lowest BCUT2D eigenvalue weighted by Crippen LogP contribution is -2.14. The van der Waals surface area contributed by atoms with E-state index in [1.807, 2.05) is 49.4 Å². The molecule has 4 nitrogen and oxygen atoms in total. The average Bonchev–Trinajstić information content (AvgIpc) is 2.56. The van der Waals surface area contributed by atoms with E-state index in [-0.39, 0.29) is 5.91 Å². The molecule has 5 heteroatoms. The molecule has 0 spiro atoms. The molecule has 0 bridgehead atoms. The predicted molar refractivity (Wildman–Crippen MR) is 91.7 cm³/mol. The molecular weight excluding hydrogens is 306 g/mol. The highest BCUT2D eigenvalue weighted by atomic mass is 32.2. The molecule has 0 aliphatic heterocycles. The van der Waals surface area contributed by atoms with Crippen LogP contribution in [0.25, 0.3) is 0 Å². The quantitative estimate of drug-likeness (QED) is 0.783. The molecule has 114 valence electrons. The molecule has 3 rings (SSSR count). The van der Waals surface area contributed by atoms with E-state index < -0.39 is 0 Å². The molecule has 1 amide bonds. The van der Waals surface area contributed by atoms with Gasteiger partial charge in [0, 0.05) is 17.3 Å². The number of amides is 1.